The topological polar surface area (TPSA) is 30.0 Å². The van der Waals surface area contributed by atoms with E-state index < -0.39 is 0 Å². The highest BCUT2D eigenvalue weighted by molar-refractivity contribution is 6.11. The van der Waals surface area contributed by atoms with E-state index in [-0.39, 0.29) is 5.78 Å². The van der Waals surface area contributed by atoms with Crippen molar-refractivity contribution < 1.29 is 4.79 Å². The number of allylic oxidation sites excluding steroid dienone is 1. The van der Waals surface area contributed by atoms with Crippen LogP contribution in [-0.4, -0.2) is 75.0 Å². The minimum atomic E-state index is 0.0149. The zero-order valence-electron chi connectivity index (χ0n) is 22.2. The number of carbonyl (C=O) groups excluding carboxylic acids is 1. The summed E-state index contributed by atoms with van der Waals surface area (Å²) >= 11 is 0. The Morgan fingerprint density at radius 2 is 1.61 bits per heavy atom. The quantitative estimate of drug-likeness (QED) is 0.325. The van der Waals surface area contributed by atoms with Crippen molar-refractivity contribution in [2.75, 3.05) is 59.4 Å². The molecular formula is C31H38N4O. The van der Waals surface area contributed by atoms with Crippen LogP contribution >= 0.6 is 0 Å². The minimum absolute atomic E-state index is 0.0149. The van der Waals surface area contributed by atoms with Crippen molar-refractivity contribution in [2.45, 2.75) is 13.5 Å². The molecule has 1 aliphatic rings. The molecule has 188 valence electrons. The lowest BCUT2D eigenvalue weighted by atomic mass is 9.96. The number of carbonyl (C=O) groups is 1. The molecule has 0 bridgehead atoms. The van der Waals surface area contributed by atoms with Gasteiger partial charge in [0.2, 0.25) is 0 Å². The third-order valence-corrected chi connectivity index (χ3v) is 6.93. The van der Waals surface area contributed by atoms with Crippen molar-refractivity contribution in [3.63, 3.8) is 0 Å². The Bertz CT molecular complexity index is 1220. The molecule has 36 heavy (non-hydrogen) atoms. The molecular weight excluding hydrogens is 444 g/mol. The number of piperazine rings is 1. The molecule has 0 amide bonds. The highest BCUT2D eigenvalue weighted by Gasteiger charge is 2.22. The van der Waals surface area contributed by atoms with E-state index in [9.17, 15) is 4.79 Å². The van der Waals surface area contributed by atoms with Crippen LogP contribution in [0.25, 0.3) is 17.2 Å². The molecule has 1 aliphatic heterocycles. The summed E-state index contributed by atoms with van der Waals surface area (Å²) in [7, 11) is 8.34. The molecule has 4 rings (SSSR count). The lowest BCUT2D eigenvalue weighted by Gasteiger charge is -2.39. The number of hydrogen-bond donors (Lipinski definition) is 0. The van der Waals surface area contributed by atoms with Crippen LogP contribution in [0.5, 0.6) is 0 Å². The number of aryl methyl sites for hydroxylation is 1. The summed E-state index contributed by atoms with van der Waals surface area (Å²) in [6, 6.07) is 22.9. The van der Waals surface area contributed by atoms with Gasteiger partial charge in [0.05, 0.1) is 5.69 Å². The van der Waals surface area contributed by atoms with Gasteiger partial charge < -0.3 is 14.8 Å². The second-order valence-corrected chi connectivity index (χ2v) is 9.96. The molecule has 3 aromatic carbocycles. The lowest BCUT2D eigenvalue weighted by Crippen LogP contribution is -2.51. The Hall–Kier alpha value is -3.25. The van der Waals surface area contributed by atoms with Gasteiger partial charge in [0.25, 0.3) is 0 Å². The first-order chi connectivity index (χ1) is 17.3. The van der Waals surface area contributed by atoms with E-state index in [0.29, 0.717) is 0 Å². The first kappa shape index (κ1) is 25.8. The van der Waals surface area contributed by atoms with E-state index in [1.165, 1.54) is 11.1 Å². The molecule has 0 aromatic heterocycles. The molecule has 0 aliphatic carbocycles. The van der Waals surface area contributed by atoms with Gasteiger partial charge in [0, 0.05) is 45.3 Å². The van der Waals surface area contributed by atoms with E-state index in [2.05, 4.69) is 103 Å². The van der Waals surface area contributed by atoms with Crippen LogP contribution in [0, 0.1) is 6.92 Å². The maximum Gasteiger partial charge on any atom is 0.188 e. The Morgan fingerprint density at radius 1 is 0.917 bits per heavy atom. The predicted molar refractivity (Wildman–Crippen MR) is 151 cm³/mol. The van der Waals surface area contributed by atoms with Crippen molar-refractivity contribution in [3.05, 3.63) is 95.1 Å². The maximum atomic E-state index is 13.7. The van der Waals surface area contributed by atoms with Crippen LogP contribution in [0.1, 0.15) is 27.0 Å². The monoisotopic (exact) mass is 482 g/mol. The van der Waals surface area contributed by atoms with Crippen LogP contribution in [0.3, 0.4) is 0 Å². The van der Waals surface area contributed by atoms with E-state index in [0.717, 1.165) is 60.7 Å². The molecule has 0 radical (unpaired) electrons. The second-order valence-electron chi connectivity index (χ2n) is 9.96. The van der Waals surface area contributed by atoms with Crippen molar-refractivity contribution in [2.24, 2.45) is 0 Å². The summed E-state index contributed by atoms with van der Waals surface area (Å²) in [5.74, 6) is 0.0149. The van der Waals surface area contributed by atoms with Crippen molar-refractivity contribution >= 4 is 17.5 Å². The van der Waals surface area contributed by atoms with Gasteiger partial charge in [-0.25, -0.2) is 5.01 Å². The molecule has 5 heteroatoms. The highest BCUT2D eigenvalue weighted by atomic mass is 16.1. The number of likely N-dealkylation sites (N-methyl/N-ethyl adjacent to an activating group) is 1. The van der Waals surface area contributed by atoms with Gasteiger partial charge in [-0.3, -0.25) is 4.79 Å². The molecule has 3 aromatic rings. The van der Waals surface area contributed by atoms with E-state index >= 15 is 0 Å². The molecule has 0 unspecified atom stereocenters. The molecule has 5 nitrogen and oxygen atoms in total. The number of anilines is 1. The van der Waals surface area contributed by atoms with Crippen LogP contribution in [-0.2, 0) is 6.54 Å². The van der Waals surface area contributed by atoms with Gasteiger partial charge in [0.15, 0.2) is 5.78 Å². The zero-order chi connectivity index (χ0) is 25.7. The van der Waals surface area contributed by atoms with Crippen LogP contribution in [0.2, 0.25) is 0 Å². The van der Waals surface area contributed by atoms with E-state index in [4.69, 9.17) is 0 Å². The van der Waals surface area contributed by atoms with Gasteiger partial charge in [-0.05, 0) is 74.1 Å². The third kappa shape index (κ3) is 6.11. The number of hydrazine groups is 1. The Balaban J connectivity index is 1.71. The Kier molecular flexibility index (Phi) is 8.36. The SMILES string of the molecule is Cc1ccccc1-c1ccc(N(C)N2CCN(C)CC2)c(C(=O)C=Cc2ccccc2CN(C)C)c1. The molecule has 0 N–H and O–H groups in total. The zero-order valence-corrected chi connectivity index (χ0v) is 22.2. The first-order valence-corrected chi connectivity index (χ1v) is 12.7. The Labute approximate surface area is 216 Å². The summed E-state index contributed by atoms with van der Waals surface area (Å²) in [6.07, 6.45) is 3.69. The number of benzene rings is 3. The molecule has 0 saturated carbocycles. The molecule has 0 spiro atoms. The molecule has 0 atom stereocenters. The molecule has 1 saturated heterocycles. The average Bonchev–Trinajstić information content (AvgIpc) is 2.87. The van der Waals surface area contributed by atoms with Gasteiger partial charge in [-0.15, -0.1) is 0 Å². The fourth-order valence-corrected chi connectivity index (χ4v) is 4.76. The summed E-state index contributed by atoms with van der Waals surface area (Å²) < 4.78 is 0. The summed E-state index contributed by atoms with van der Waals surface area (Å²) in [4.78, 5) is 18.2. The average molecular weight is 483 g/mol. The van der Waals surface area contributed by atoms with Crippen LogP contribution < -0.4 is 5.01 Å². The van der Waals surface area contributed by atoms with Gasteiger partial charge >= 0.3 is 0 Å². The predicted octanol–water partition coefficient (Wildman–Crippen LogP) is 5.22. The normalized spacial score (nSPS) is 15.1. The van der Waals surface area contributed by atoms with Crippen LogP contribution in [0.4, 0.5) is 5.69 Å². The Morgan fingerprint density at radius 3 is 2.33 bits per heavy atom. The van der Waals surface area contributed by atoms with Crippen molar-refractivity contribution in [1.82, 2.24) is 14.8 Å². The van der Waals surface area contributed by atoms with E-state index in [1.54, 1.807) is 6.08 Å². The maximum absolute atomic E-state index is 13.7. The second kappa shape index (κ2) is 11.7. The standard InChI is InChI=1S/C31H38N4O/c1-24-10-6-9-13-28(24)26-14-16-30(34(5)35-20-18-33(4)19-21-35)29(22-26)31(36)17-15-25-11-7-8-12-27(25)23-32(2)3/h6-17,22H,18-21,23H2,1-5H3. The lowest BCUT2D eigenvalue weighted by molar-refractivity contribution is 0.104. The first-order valence-electron chi connectivity index (χ1n) is 12.7. The fraction of sp³-hybridized carbons (Fsp3) is 0.323. The minimum Gasteiger partial charge on any atom is -0.308 e. The fourth-order valence-electron chi connectivity index (χ4n) is 4.76. The summed E-state index contributed by atoms with van der Waals surface area (Å²) in [5, 5.41) is 4.49. The summed E-state index contributed by atoms with van der Waals surface area (Å²) in [6.45, 7) is 6.84. The molecule has 1 fully saturated rings. The van der Waals surface area contributed by atoms with Gasteiger partial charge in [0.1, 0.15) is 0 Å². The number of ketones is 1. The number of rotatable bonds is 8. The summed E-state index contributed by atoms with van der Waals surface area (Å²) in [5.41, 5.74) is 7.35. The van der Waals surface area contributed by atoms with Gasteiger partial charge in [-0.1, -0.05) is 60.7 Å². The third-order valence-electron chi connectivity index (χ3n) is 6.93. The van der Waals surface area contributed by atoms with Gasteiger partial charge in [-0.2, -0.15) is 0 Å². The molecule has 1 heterocycles. The van der Waals surface area contributed by atoms with Crippen molar-refractivity contribution in [3.8, 4) is 11.1 Å². The number of nitrogens with zero attached hydrogens (tertiary/aromatic N) is 4. The largest absolute Gasteiger partial charge is 0.308 e. The highest BCUT2D eigenvalue weighted by Crippen LogP contribution is 2.31. The smallest absolute Gasteiger partial charge is 0.188 e. The van der Waals surface area contributed by atoms with Crippen LogP contribution in [0.15, 0.2) is 72.8 Å². The van der Waals surface area contributed by atoms with E-state index in [1.807, 2.05) is 24.3 Å². The number of hydrogen-bond acceptors (Lipinski definition) is 5. The van der Waals surface area contributed by atoms with Crippen molar-refractivity contribution in [1.29, 1.82) is 0 Å².